The number of hydrogen-bond acceptors (Lipinski definition) is 7. The number of aromatic nitrogens is 2. The number of unbranched alkanes of at least 4 members (excludes halogenated alkanes) is 1. The van der Waals surface area contributed by atoms with Gasteiger partial charge >= 0.3 is 6.09 Å². The third kappa shape index (κ3) is 6.99. The van der Waals surface area contributed by atoms with E-state index in [0.717, 1.165) is 53.7 Å². The summed E-state index contributed by atoms with van der Waals surface area (Å²) in [4.78, 5) is 14.0. The summed E-state index contributed by atoms with van der Waals surface area (Å²) in [6, 6.07) is 4.25. The number of fused-ring (bicyclic) bond motifs is 1. The highest BCUT2D eigenvalue weighted by atomic mass is 127. The minimum absolute atomic E-state index is 0.187. The average molecular weight is 600 g/mol. The molecule has 11 heteroatoms. The molecule has 5 N–H and O–H groups in total. The van der Waals surface area contributed by atoms with E-state index in [1.54, 1.807) is 12.3 Å². The maximum Gasteiger partial charge on any atom is 0.407 e. The molecule has 1 atom stereocenters. The molecule has 0 spiro atoms. The number of rotatable bonds is 10. The van der Waals surface area contributed by atoms with Crippen molar-refractivity contribution in [3.8, 4) is 0 Å². The fourth-order valence-corrected chi connectivity index (χ4v) is 5.21. The maximum absolute atomic E-state index is 11.7. The van der Waals surface area contributed by atoms with E-state index < -0.39 is 5.60 Å². The topological polar surface area (TPSA) is 121 Å². The number of nitrogens with one attached hydrogen (secondary N) is 1. The van der Waals surface area contributed by atoms with Crippen LogP contribution in [-0.4, -0.2) is 53.6 Å². The Kier molecular flexibility index (Phi) is 9.44. The highest BCUT2D eigenvalue weighted by Gasteiger charge is 2.29. The Morgan fingerprint density at radius 3 is 2.74 bits per heavy atom. The second-order valence-corrected chi connectivity index (χ2v) is 11.1. The Morgan fingerprint density at radius 2 is 2.09 bits per heavy atom. The largest absolute Gasteiger partial charge is 0.444 e. The number of nitrogens with zero attached hydrogens (tertiary/aromatic N) is 3. The Morgan fingerprint density at radius 1 is 1.32 bits per heavy atom. The second-order valence-electron chi connectivity index (χ2n) is 9.08. The van der Waals surface area contributed by atoms with Gasteiger partial charge in [-0.1, -0.05) is 0 Å². The molecular weight excluding hydrogens is 566 g/mol. The van der Waals surface area contributed by atoms with Crippen molar-refractivity contribution in [3.63, 3.8) is 0 Å². The van der Waals surface area contributed by atoms with Crippen LogP contribution in [0, 0.1) is 0 Å². The average Bonchev–Trinajstić information content (AvgIpc) is 3.17. The standard InChI is InChI=1S/C23H34IN6O3P/c1-23(2,3)33-22(31)27-8-4-5-9-32-18-14-29(15-18)20-10-17(16(12-26)6-7-25)11-21-19(20)13-28-30(21)34-24/h6-7,10-13,18,34H,4-5,8-9,14-15,25-26H2,1-3H3,(H,27,31)/b7-6-,16-12+. The molecule has 186 valence electrons. The molecule has 0 bridgehead atoms. The van der Waals surface area contributed by atoms with Gasteiger partial charge in [0, 0.05) is 43.5 Å². The Hall–Kier alpha value is -2.04. The van der Waals surface area contributed by atoms with Gasteiger partial charge in [-0.2, -0.15) is 5.10 Å². The third-order valence-corrected chi connectivity index (χ3v) is 7.20. The van der Waals surface area contributed by atoms with Crippen LogP contribution >= 0.6 is 28.4 Å². The summed E-state index contributed by atoms with van der Waals surface area (Å²) >= 11 is 2.33. The molecule has 1 amide bonds. The van der Waals surface area contributed by atoms with Crippen molar-refractivity contribution in [2.75, 3.05) is 31.1 Å². The van der Waals surface area contributed by atoms with Crippen LogP contribution in [0.5, 0.6) is 0 Å². The Labute approximate surface area is 215 Å². The lowest BCUT2D eigenvalue weighted by Gasteiger charge is -2.41. The summed E-state index contributed by atoms with van der Waals surface area (Å²) in [5.41, 5.74) is 15.1. The minimum Gasteiger partial charge on any atom is -0.444 e. The lowest BCUT2D eigenvalue weighted by molar-refractivity contribution is 0.0317. The van der Waals surface area contributed by atoms with Crippen molar-refractivity contribution < 1.29 is 14.3 Å². The van der Waals surface area contributed by atoms with Crippen LogP contribution in [0.15, 0.2) is 36.8 Å². The highest BCUT2D eigenvalue weighted by molar-refractivity contribution is 14.2. The van der Waals surface area contributed by atoms with Gasteiger partial charge in [-0.3, -0.25) is 0 Å². The molecule has 1 aliphatic heterocycles. The molecule has 3 rings (SSSR count). The zero-order valence-electron chi connectivity index (χ0n) is 19.9. The number of alkyl carbamates (subject to hydrolysis) is 1. The first kappa shape index (κ1) is 26.6. The van der Waals surface area contributed by atoms with Gasteiger partial charge in [0.2, 0.25) is 0 Å². The summed E-state index contributed by atoms with van der Waals surface area (Å²) in [5, 5.41) is 8.44. The molecule has 0 aliphatic carbocycles. The van der Waals surface area contributed by atoms with E-state index in [0.29, 0.717) is 19.5 Å². The number of ether oxygens (including phenoxy) is 2. The number of benzene rings is 1. The van der Waals surface area contributed by atoms with Crippen LogP contribution in [0.25, 0.3) is 16.5 Å². The van der Waals surface area contributed by atoms with Crippen LogP contribution in [0.1, 0.15) is 39.2 Å². The molecule has 2 aromatic rings. The van der Waals surface area contributed by atoms with Crippen molar-refractivity contribution in [1.82, 2.24) is 14.9 Å². The first-order chi connectivity index (χ1) is 16.3. The number of allylic oxidation sites excluding steroid dienone is 2. The molecule has 1 aliphatic rings. The summed E-state index contributed by atoms with van der Waals surface area (Å²) in [6.07, 6.45) is 8.84. The molecule has 1 aromatic carbocycles. The monoisotopic (exact) mass is 600 g/mol. The van der Waals surface area contributed by atoms with E-state index in [1.165, 1.54) is 6.20 Å². The molecule has 1 aromatic heterocycles. The van der Waals surface area contributed by atoms with E-state index in [9.17, 15) is 4.79 Å². The number of halogens is 1. The molecule has 1 unspecified atom stereocenters. The fourth-order valence-electron chi connectivity index (χ4n) is 3.68. The van der Waals surface area contributed by atoms with Crippen molar-refractivity contribution in [3.05, 3.63) is 42.4 Å². The Balaban J connectivity index is 1.52. The van der Waals surface area contributed by atoms with Gasteiger partial charge in [0.1, 0.15) is 5.60 Å². The van der Waals surface area contributed by atoms with E-state index in [2.05, 4.69) is 49.5 Å². The molecule has 2 heterocycles. The SMILES string of the molecule is CC(C)(C)OC(=O)NCCCCOC1CN(c2cc(C(/C=C\N)=C/N)cc3c2cnn3PI)C1. The van der Waals surface area contributed by atoms with Gasteiger partial charge in [-0.15, -0.1) is 0 Å². The fraction of sp³-hybridized carbons (Fsp3) is 0.478. The van der Waals surface area contributed by atoms with Crippen LogP contribution < -0.4 is 21.7 Å². The van der Waals surface area contributed by atoms with Gasteiger partial charge in [0.15, 0.2) is 0 Å². The van der Waals surface area contributed by atoms with Gasteiger partial charge in [0.05, 0.1) is 24.2 Å². The minimum atomic E-state index is -0.479. The lowest BCUT2D eigenvalue weighted by atomic mass is 10.0. The van der Waals surface area contributed by atoms with Crippen LogP contribution in [0.3, 0.4) is 0 Å². The number of carbonyl (C=O) groups is 1. The van der Waals surface area contributed by atoms with Crippen molar-refractivity contribution in [2.24, 2.45) is 11.5 Å². The first-order valence-corrected chi connectivity index (χ1v) is 15.3. The van der Waals surface area contributed by atoms with Crippen molar-refractivity contribution in [1.29, 1.82) is 0 Å². The maximum atomic E-state index is 11.7. The number of hydrogen-bond donors (Lipinski definition) is 3. The highest BCUT2D eigenvalue weighted by Crippen LogP contribution is 2.37. The zero-order chi connectivity index (χ0) is 24.7. The molecule has 0 saturated carbocycles. The molecule has 0 radical (unpaired) electrons. The zero-order valence-corrected chi connectivity index (χ0v) is 23.0. The van der Waals surface area contributed by atoms with Crippen LogP contribution in [-0.2, 0) is 9.47 Å². The number of nitrogens with two attached hydrogens (primary N) is 2. The van der Waals surface area contributed by atoms with Crippen LogP contribution in [0.4, 0.5) is 10.5 Å². The predicted octanol–water partition coefficient (Wildman–Crippen LogP) is 4.11. The van der Waals surface area contributed by atoms with Crippen LogP contribution in [0.2, 0.25) is 0 Å². The third-order valence-electron chi connectivity index (χ3n) is 5.32. The molecule has 9 nitrogen and oxygen atoms in total. The summed E-state index contributed by atoms with van der Waals surface area (Å²) in [6.45, 7) is 8.44. The molecule has 34 heavy (non-hydrogen) atoms. The predicted molar refractivity (Wildman–Crippen MR) is 148 cm³/mol. The normalized spacial score (nSPS) is 15.5. The van der Waals surface area contributed by atoms with E-state index >= 15 is 0 Å². The second kappa shape index (κ2) is 12.1. The number of amides is 1. The van der Waals surface area contributed by atoms with E-state index in [1.807, 2.05) is 31.4 Å². The number of anilines is 1. The summed E-state index contributed by atoms with van der Waals surface area (Å²) < 4.78 is 13.3. The summed E-state index contributed by atoms with van der Waals surface area (Å²) in [7, 11) is 0. The van der Waals surface area contributed by atoms with Gasteiger partial charge < -0.3 is 31.2 Å². The van der Waals surface area contributed by atoms with Gasteiger partial charge in [-0.25, -0.2) is 9.25 Å². The quantitative estimate of drug-likeness (QED) is 0.163. The Bertz CT molecular complexity index is 1040. The van der Waals surface area contributed by atoms with Crippen molar-refractivity contribution in [2.45, 2.75) is 45.3 Å². The van der Waals surface area contributed by atoms with Gasteiger partial charge in [0.25, 0.3) is 0 Å². The smallest absolute Gasteiger partial charge is 0.407 e. The summed E-state index contributed by atoms with van der Waals surface area (Å²) in [5.74, 6) is 0. The first-order valence-electron chi connectivity index (χ1n) is 11.3. The van der Waals surface area contributed by atoms with Gasteiger partial charge in [-0.05, 0) is 91.2 Å². The van der Waals surface area contributed by atoms with E-state index in [-0.39, 0.29) is 12.2 Å². The van der Waals surface area contributed by atoms with E-state index in [4.69, 9.17) is 20.9 Å². The van der Waals surface area contributed by atoms with Crippen molar-refractivity contribution >= 4 is 56.7 Å². The lowest BCUT2D eigenvalue weighted by Crippen LogP contribution is -2.52. The molecular formula is C23H34IN6O3P. The number of carbonyl (C=O) groups excluding carboxylic acids is 1. The molecule has 1 fully saturated rings. The molecule has 1 saturated heterocycles.